The van der Waals surface area contributed by atoms with Crippen molar-refractivity contribution in [1.82, 2.24) is 15.1 Å². The third-order valence-corrected chi connectivity index (χ3v) is 3.38. The maximum atomic E-state index is 13.9. The quantitative estimate of drug-likeness (QED) is 0.835. The van der Waals surface area contributed by atoms with Crippen molar-refractivity contribution in [2.45, 2.75) is 13.0 Å². The summed E-state index contributed by atoms with van der Waals surface area (Å²) in [6.07, 6.45) is 0. The molecule has 1 aromatic heterocycles. The van der Waals surface area contributed by atoms with Gasteiger partial charge >= 0.3 is 0 Å². The van der Waals surface area contributed by atoms with Crippen molar-refractivity contribution in [3.63, 3.8) is 0 Å². The Kier molecular flexibility index (Phi) is 2.23. The van der Waals surface area contributed by atoms with Gasteiger partial charge in [0.2, 0.25) is 0 Å². The van der Waals surface area contributed by atoms with E-state index in [0.717, 1.165) is 11.3 Å². The van der Waals surface area contributed by atoms with Crippen LogP contribution in [0.3, 0.4) is 0 Å². The van der Waals surface area contributed by atoms with Crippen LogP contribution in [0.5, 0.6) is 0 Å². The lowest BCUT2D eigenvalue weighted by Crippen LogP contribution is -2.25. The molecule has 1 aliphatic rings. The maximum Gasteiger partial charge on any atom is 0.275 e. The fraction of sp³-hybridized carbons (Fsp3) is 0.231. The number of benzene rings is 1. The van der Waals surface area contributed by atoms with E-state index in [9.17, 15) is 9.18 Å². The van der Waals surface area contributed by atoms with Gasteiger partial charge in [-0.2, -0.15) is 5.10 Å². The van der Waals surface area contributed by atoms with Gasteiger partial charge in [0.05, 0.1) is 6.04 Å². The van der Waals surface area contributed by atoms with Crippen LogP contribution >= 0.6 is 0 Å². The molecular formula is C13H12FN3O. The van der Waals surface area contributed by atoms with Crippen LogP contribution in [0.15, 0.2) is 24.3 Å². The van der Waals surface area contributed by atoms with Gasteiger partial charge in [-0.3, -0.25) is 9.89 Å². The van der Waals surface area contributed by atoms with Gasteiger partial charge in [0.1, 0.15) is 5.82 Å². The number of aromatic amines is 1. The molecule has 3 rings (SSSR count). The molecule has 0 saturated heterocycles. The van der Waals surface area contributed by atoms with E-state index in [-0.39, 0.29) is 11.7 Å². The number of rotatable bonds is 1. The second-order valence-electron chi connectivity index (χ2n) is 4.45. The van der Waals surface area contributed by atoms with Crippen LogP contribution in [0, 0.1) is 12.7 Å². The van der Waals surface area contributed by atoms with Crippen LogP contribution < -0.4 is 0 Å². The number of hydrogen-bond donors (Lipinski definition) is 1. The second-order valence-corrected chi connectivity index (χ2v) is 4.45. The fourth-order valence-corrected chi connectivity index (χ4v) is 2.47. The number of H-pyrrole nitrogens is 1. The largest absolute Gasteiger partial charge is 0.329 e. The van der Waals surface area contributed by atoms with Crippen molar-refractivity contribution in [3.8, 4) is 0 Å². The molecule has 0 saturated carbocycles. The lowest BCUT2D eigenvalue weighted by Gasteiger charge is -2.21. The van der Waals surface area contributed by atoms with E-state index in [2.05, 4.69) is 10.2 Å². The first-order valence-corrected chi connectivity index (χ1v) is 5.67. The molecule has 1 aliphatic heterocycles. The highest BCUT2D eigenvalue weighted by atomic mass is 19.1. The Morgan fingerprint density at radius 3 is 2.83 bits per heavy atom. The molecule has 1 unspecified atom stereocenters. The first kappa shape index (κ1) is 11.0. The summed E-state index contributed by atoms with van der Waals surface area (Å²) >= 11 is 0. The number of hydrogen-bond acceptors (Lipinski definition) is 2. The highest BCUT2D eigenvalue weighted by Crippen LogP contribution is 2.38. The average Bonchev–Trinajstić information content (AvgIpc) is 2.83. The van der Waals surface area contributed by atoms with Crippen LogP contribution in [0.25, 0.3) is 0 Å². The highest BCUT2D eigenvalue weighted by molar-refractivity contribution is 5.98. The Hall–Kier alpha value is -2.17. The van der Waals surface area contributed by atoms with Crippen LogP contribution in [0.2, 0.25) is 0 Å². The molecule has 18 heavy (non-hydrogen) atoms. The summed E-state index contributed by atoms with van der Waals surface area (Å²) in [7, 11) is 1.67. The summed E-state index contributed by atoms with van der Waals surface area (Å²) in [4.78, 5) is 13.6. The molecule has 2 aromatic rings. The van der Waals surface area contributed by atoms with Gasteiger partial charge in [-0.15, -0.1) is 0 Å². The molecule has 0 fully saturated rings. The van der Waals surface area contributed by atoms with E-state index in [1.165, 1.54) is 11.0 Å². The van der Waals surface area contributed by atoms with Crippen molar-refractivity contribution in [1.29, 1.82) is 0 Å². The molecule has 1 amide bonds. The number of aromatic nitrogens is 2. The van der Waals surface area contributed by atoms with E-state index in [4.69, 9.17) is 0 Å². The SMILES string of the molecule is Cc1[nH]nc2c1C(c1ccccc1F)N(C)C2=O. The zero-order chi connectivity index (χ0) is 12.9. The number of fused-ring (bicyclic) bond motifs is 1. The van der Waals surface area contributed by atoms with Crippen LogP contribution in [-0.2, 0) is 0 Å². The van der Waals surface area contributed by atoms with E-state index in [1.54, 1.807) is 25.2 Å². The topological polar surface area (TPSA) is 49.0 Å². The lowest BCUT2D eigenvalue weighted by atomic mass is 9.99. The van der Waals surface area contributed by atoms with Gasteiger partial charge in [-0.25, -0.2) is 4.39 Å². The summed E-state index contributed by atoms with van der Waals surface area (Å²) in [5.74, 6) is -0.488. The number of amides is 1. The predicted molar refractivity (Wildman–Crippen MR) is 63.7 cm³/mol. The van der Waals surface area contributed by atoms with Gasteiger partial charge in [0.25, 0.3) is 5.91 Å². The summed E-state index contributed by atoms with van der Waals surface area (Å²) in [5, 5.41) is 6.78. The number of nitrogens with zero attached hydrogens (tertiary/aromatic N) is 2. The van der Waals surface area contributed by atoms with Gasteiger partial charge in [0, 0.05) is 23.9 Å². The van der Waals surface area contributed by atoms with E-state index in [1.807, 2.05) is 6.92 Å². The molecule has 0 aliphatic carbocycles. The fourth-order valence-electron chi connectivity index (χ4n) is 2.47. The van der Waals surface area contributed by atoms with E-state index < -0.39 is 6.04 Å². The molecule has 1 N–H and O–H groups in total. The number of halogens is 1. The number of carbonyl (C=O) groups is 1. The maximum absolute atomic E-state index is 13.9. The minimum Gasteiger partial charge on any atom is -0.329 e. The van der Waals surface area contributed by atoms with Gasteiger partial charge in [-0.05, 0) is 13.0 Å². The van der Waals surface area contributed by atoms with Crippen LogP contribution in [0.1, 0.15) is 33.4 Å². The summed E-state index contributed by atoms with van der Waals surface area (Å²) in [6.45, 7) is 1.84. The molecule has 0 radical (unpaired) electrons. The Balaban J connectivity index is 2.21. The number of nitrogens with one attached hydrogen (secondary N) is 1. The van der Waals surface area contributed by atoms with Crippen molar-refractivity contribution in [2.75, 3.05) is 7.05 Å². The average molecular weight is 245 g/mol. The molecule has 1 aromatic carbocycles. The minimum absolute atomic E-state index is 0.178. The lowest BCUT2D eigenvalue weighted by molar-refractivity contribution is 0.0786. The first-order valence-electron chi connectivity index (χ1n) is 5.67. The monoisotopic (exact) mass is 245 g/mol. The van der Waals surface area contributed by atoms with Crippen molar-refractivity contribution in [2.24, 2.45) is 0 Å². The van der Waals surface area contributed by atoms with E-state index >= 15 is 0 Å². The first-order chi connectivity index (χ1) is 8.61. The molecular weight excluding hydrogens is 233 g/mol. The van der Waals surface area contributed by atoms with E-state index in [0.29, 0.717) is 11.3 Å². The second kappa shape index (κ2) is 3.66. The molecule has 1 atom stereocenters. The van der Waals surface area contributed by atoms with Gasteiger partial charge in [-0.1, -0.05) is 18.2 Å². The number of aryl methyl sites for hydroxylation is 1. The Morgan fingerprint density at radius 1 is 1.39 bits per heavy atom. The highest BCUT2D eigenvalue weighted by Gasteiger charge is 2.40. The molecule has 92 valence electrons. The van der Waals surface area contributed by atoms with Crippen molar-refractivity contribution in [3.05, 3.63) is 52.6 Å². The predicted octanol–water partition coefficient (Wildman–Crippen LogP) is 2.03. The zero-order valence-electron chi connectivity index (χ0n) is 10.1. The molecule has 0 spiro atoms. The Morgan fingerprint density at radius 2 is 2.11 bits per heavy atom. The van der Waals surface area contributed by atoms with Gasteiger partial charge in [0.15, 0.2) is 5.69 Å². The molecule has 5 heteroatoms. The number of carbonyl (C=O) groups excluding carboxylic acids is 1. The Bertz CT molecular complexity index is 635. The van der Waals surface area contributed by atoms with Gasteiger partial charge < -0.3 is 4.90 Å². The molecule has 4 nitrogen and oxygen atoms in total. The minimum atomic E-state index is -0.396. The van der Waals surface area contributed by atoms with Crippen molar-refractivity contribution < 1.29 is 9.18 Å². The normalized spacial score (nSPS) is 18.3. The standard InChI is InChI=1S/C13H12FN3O/c1-7-10-11(16-15-7)13(18)17(2)12(10)8-5-3-4-6-9(8)14/h3-6,12H,1-2H3,(H,15,16). The summed E-state index contributed by atoms with van der Waals surface area (Å²) in [6, 6.07) is 6.11. The van der Waals surface area contributed by atoms with Crippen LogP contribution in [-0.4, -0.2) is 28.1 Å². The molecule has 0 bridgehead atoms. The third-order valence-electron chi connectivity index (χ3n) is 3.38. The Labute approximate surface area is 103 Å². The van der Waals surface area contributed by atoms with Crippen LogP contribution in [0.4, 0.5) is 4.39 Å². The van der Waals surface area contributed by atoms with Crippen molar-refractivity contribution >= 4 is 5.91 Å². The molecule has 2 heterocycles. The smallest absolute Gasteiger partial charge is 0.275 e. The third kappa shape index (κ3) is 1.30. The zero-order valence-corrected chi connectivity index (χ0v) is 10.1. The summed E-state index contributed by atoms with van der Waals surface area (Å²) in [5.41, 5.74) is 2.46. The summed E-state index contributed by atoms with van der Waals surface area (Å²) < 4.78 is 13.9.